The quantitative estimate of drug-likeness (QED) is 0.134. The highest BCUT2D eigenvalue weighted by Gasteiger charge is 2.37. The van der Waals surface area contributed by atoms with Crippen LogP contribution in [0, 0.1) is 0 Å². The van der Waals surface area contributed by atoms with Crippen LogP contribution in [-0.2, 0) is 12.4 Å². The van der Waals surface area contributed by atoms with Gasteiger partial charge in [-0.1, -0.05) is 84.9 Å². The Morgan fingerprint density at radius 2 is 0.811 bits per heavy atom. The summed E-state index contributed by atoms with van der Waals surface area (Å²) in [5.74, 6) is 0.583. The number of hydrogen-bond donors (Lipinski definition) is 0. The van der Waals surface area contributed by atoms with Gasteiger partial charge in [0.1, 0.15) is 5.52 Å². The van der Waals surface area contributed by atoms with E-state index in [1.54, 1.807) is 18.2 Å². The Labute approximate surface area is 298 Å². The fraction of sp³-hybridized carbons (Fsp3) is 0.0444. The lowest BCUT2D eigenvalue weighted by Gasteiger charge is -2.15. The molecule has 0 fully saturated rings. The number of rotatable bonds is 4. The van der Waals surface area contributed by atoms with E-state index in [4.69, 9.17) is 4.42 Å². The second-order valence-electron chi connectivity index (χ2n) is 13.1. The number of oxazole rings is 1. The van der Waals surface area contributed by atoms with Crippen molar-refractivity contribution in [2.75, 3.05) is 0 Å². The molecule has 0 aliphatic rings. The van der Waals surface area contributed by atoms with E-state index >= 15 is 0 Å². The van der Waals surface area contributed by atoms with E-state index in [9.17, 15) is 26.3 Å². The molecule has 1 heterocycles. The van der Waals surface area contributed by atoms with Crippen molar-refractivity contribution in [3.63, 3.8) is 0 Å². The van der Waals surface area contributed by atoms with Gasteiger partial charge in [0.25, 0.3) is 0 Å². The zero-order valence-electron chi connectivity index (χ0n) is 27.6. The minimum absolute atomic E-state index is 0.144. The molecule has 0 atom stereocenters. The summed E-state index contributed by atoms with van der Waals surface area (Å²) in [5.41, 5.74) is 4.12. The Bertz CT molecular complexity index is 2800. The van der Waals surface area contributed by atoms with Crippen LogP contribution in [0.25, 0.3) is 88.3 Å². The molecule has 8 heteroatoms. The standard InChI is InChI=1S/C45H25F6NO/c46-44(47,48)37-23-36(24-38(25-37)45(49,50)51)33-16-18-40-35(22-33)14-13-34-21-32(15-17-39(34)40)31-12-11-29-19-28(9-10-30(29)20-31)26-5-7-27(8-6-26)43-52-41-3-1-2-4-42(41)53-43/h1-25H. The Hall–Kier alpha value is -6.41. The van der Waals surface area contributed by atoms with Gasteiger partial charge in [0.05, 0.1) is 11.1 Å². The predicted molar refractivity (Wildman–Crippen MR) is 198 cm³/mol. The van der Waals surface area contributed by atoms with Crippen LogP contribution in [0.15, 0.2) is 156 Å². The number of aromatic nitrogens is 1. The number of nitrogens with zero attached hydrogens (tertiary/aromatic N) is 1. The van der Waals surface area contributed by atoms with E-state index < -0.39 is 23.5 Å². The molecule has 0 aliphatic carbocycles. The van der Waals surface area contributed by atoms with Gasteiger partial charge in [-0.05, 0) is 132 Å². The van der Waals surface area contributed by atoms with E-state index in [2.05, 4.69) is 59.6 Å². The second-order valence-corrected chi connectivity index (χ2v) is 13.1. The van der Waals surface area contributed by atoms with Crippen LogP contribution < -0.4 is 0 Å². The monoisotopic (exact) mass is 709 g/mol. The molecule has 0 amide bonds. The Balaban J connectivity index is 0.995. The van der Waals surface area contributed by atoms with Crippen LogP contribution in [-0.4, -0.2) is 4.98 Å². The van der Waals surface area contributed by atoms with E-state index in [0.717, 1.165) is 78.0 Å². The van der Waals surface area contributed by atoms with E-state index in [0.29, 0.717) is 11.3 Å². The molecule has 1 aromatic heterocycles. The minimum Gasteiger partial charge on any atom is -0.436 e. The van der Waals surface area contributed by atoms with E-state index in [1.807, 2.05) is 60.7 Å². The van der Waals surface area contributed by atoms with Crippen molar-refractivity contribution in [2.24, 2.45) is 0 Å². The Morgan fingerprint density at radius 1 is 0.377 bits per heavy atom. The van der Waals surface area contributed by atoms with Crippen molar-refractivity contribution in [1.82, 2.24) is 4.98 Å². The molecule has 0 radical (unpaired) electrons. The molecule has 8 aromatic carbocycles. The molecule has 0 aliphatic heterocycles. The smallest absolute Gasteiger partial charge is 0.416 e. The summed E-state index contributed by atoms with van der Waals surface area (Å²) in [6.07, 6.45) is -9.84. The van der Waals surface area contributed by atoms with Gasteiger partial charge in [-0.25, -0.2) is 4.98 Å². The molecule has 2 nitrogen and oxygen atoms in total. The highest BCUT2D eigenvalue weighted by molar-refractivity contribution is 6.09. The molecular formula is C45H25F6NO. The largest absolute Gasteiger partial charge is 0.436 e. The molecule has 0 saturated heterocycles. The summed E-state index contributed by atoms with van der Waals surface area (Å²) in [5, 5.41) is 5.61. The first-order chi connectivity index (χ1) is 25.5. The number of halogens is 6. The molecule has 0 spiro atoms. The number of hydrogen-bond acceptors (Lipinski definition) is 2. The lowest BCUT2D eigenvalue weighted by atomic mass is 9.93. The number of para-hydroxylation sites is 2. The molecule has 9 rings (SSSR count). The topological polar surface area (TPSA) is 26.0 Å². The third-order valence-electron chi connectivity index (χ3n) is 9.69. The SMILES string of the molecule is FC(F)(F)c1cc(-c2ccc3c(ccc4cc(-c5ccc6cc(-c7ccc(-c8nc9ccccc9o8)cc7)ccc6c5)ccc43)c2)cc(C(F)(F)F)c1. The van der Waals surface area contributed by atoms with Crippen LogP contribution in [0.2, 0.25) is 0 Å². The maximum atomic E-state index is 13.5. The van der Waals surface area contributed by atoms with Crippen LogP contribution in [0.4, 0.5) is 26.3 Å². The van der Waals surface area contributed by atoms with Crippen LogP contribution in [0.3, 0.4) is 0 Å². The van der Waals surface area contributed by atoms with E-state index in [1.165, 1.54) is 0 Å². The third-order valence-corrected chi connectivity index (χ3v) is 9.69. The second kappa shape index (κ2) is 12.1. The van der Waals surface area contributed by atoms with Crippen LogP contribution in [0.1, 0.15) is 11.1 Å². The first-order valence-corrected chi connectivity index (χ1v) is 16.7. The van der Waals surface area contributed by atoms with Crippen molar-refractivity contribution in [2.45, 2.75) is 12.4 Å². The summed E-state index contributed by atoms with van der Waals surface area (Å²) >= 11 is 0. The van der Waals surface area contributed by atoms with Gasteiger partial charge in [0.2, 0.25) is 5.89 Å². The average molecular weight is 710 g/mol. The van der Waals surface area contributed by atoms with Gasteiger partial charge >= 0.3 is 12.4 Å². The number of benzene rings is 8. The summed E-state index contributed by atoms with van der Waals surface area (Å²) in [6.45, 7) is 0. The summed E-state index contributed by atoms with van der Waals surface area (Å²) in [6, 6.07) is 45.0. The molecule has 0 N–H and O–H groups in total. The molecule has 0 saturated carbocycles. The summed E-state index contributed by atoms with van der Waals surface area (Å²) in [4.78, 5) is 4.60. The summed E-state index contributed by atoms with van der Waals surface area (Å²) in [7, 11) is 0. The van der Waals surface area contributed by atoms with Crippen molar-refractivity contribution in [3.8, 4) is 44.8 Å². The molecule has 0 unspecified atom stereocenters. The predicted octanol–water partition coefficient (Wildman–Crippen LogP) is 14.0. The van der Waals surface area contributed by atoms with Crippen LogP contribution >= 0.6 is 0 Å². The number of alkyl halides is 6. The first-order valence-electron chi connectivity index (χ1n) is 16.7. The molecular weight excluding hydrogens is 684 g/mol. The lowest BCUT2D eigenvalue weighted by Crippen LogP contribution is -2.11. The molecule has 53 heavy (non-hydrogen) atoms. The third kappa shape index (κ3) is 6.06. The highest BCUT2D eigenvalue weighted by atomic mass is 19.4. The first kappa shape index (κ1) is 32.5. The van der Waals surface area contributed by atoms with Crippen molar-refractivity contribution < 1.29 is 30.8 Å². The lowest BCUT2D eigenvalue weighted by molar-refractivity contribution is -0.143. The maximum Gasteiger partial charge on any atom is 0.416 e. The fourth-order valence-corrected chi connectivity index (χ4v) is 6.96. The molecule has 258 valence electrons. The Kier molecular flexibility index (Phi) is 7.41. The normalized spacial score (nSPS) is 12.3. The van der Waals surface area contributed by atoms with Crippen molar-refractivity contribution in [3.05, 3.63) is 163 Å². The maximum absolute atomic E-state index is 13.5. The van der Waals surface area contributed by atoms with Crippen molar-refractivity contribution >= 4 is 43.4 Å². The number of fused-ring (bicyclic) bond motifs is 5. The van der Waals surface area contributed by atoms with Crippen LogP contribution in [0.5, 0.6) is 0 Å². The van der Waals surface area contributed by atoms with Gasteiger partial charge in [-0.15, -0.1) is 0 Å². The Morgan fingerprint density at radius 3 is 1.36 bits per heavy atom. The van der Waals surface area contributed by atoms with Gasteiger partial charge in [-0.2, -0.15) is 26.3 Å². The zero-order valence-corrected chi connectivity index (χ0v) is 27.6. The van der Waals surface area contributed by atoms with Gasteiger partial charge in [-0.3, -0.25) is 0 Å². The molecule has 9 aromatic rings. The highest BCUT2D eigenvalue weighted by Crippen LogP contribution is 2.40. The fourth-order valence-electron chi connectivity index (χ4n) is 6.96. The van der Waals surface area contributed by atoms with Gasteiger partial charge < -0.3 is 4.42 Å². The minimum atomic E-state index is -4.92. The van der Waals surface area contributed by atoms with Crippen molar-refractivity contribution in [1.29, 1.82) is 0 Å². The van der Waals surface area contributed by atoms with Gasteiger partial charge in [0.15, 0.2) is 5.58 Å². The summed E-state index contributed by atoms with van der Waals surface area (Å²) < 4.78 is 86.9. The zero-order chi connectivity index (χ0) is 36.5. The molecule has 0 bridgehead atoms. The van der Waals surface area contributed by atoms with Gasteiger partial charge in [0, 0.05) is 5.56 Å². The van der Waals surface area contributed by atoms with E-state index in [-0.39, 0.29) is 17.2 Å². The average Bonchev–Trinajstić information content (AvgIpc) is 3.61.